The van der Waals surface area contributed by atoms with Gasteiger partial charge in [0, 0.05) is 0 Å². The lowest BCUT2D eigenvalue weighted by Crippen LogP contribution is -2.13. The van der Waals surface area contributed by atoms with Crippen LogP contribution in [0.3, 0.4) is 0 Å². The fraction of sp³-hybridized carbons (Fsp3) is 0.250. The summed E-state index contributed by atoms with van der Waals surface area (Å²) in [6.07, 6.45) is 0.575. The summed E-state index contributed by atoms with van der Waals surface area (Å²) in [7, 11) is 0. The van der Waals surface area contributed by atoms with Crippen LogP contribution in [0.15, 0.2) is 22.6 Å². The number of furan rings is 1. The summed E-state index contributed by atoms with van der Waals surface area (Å²) < 4.78 is 5.39. The molecule has 0 saturated heterocycles. The van der Waals surface area contributed by atoms with Gasteiger partial charge in [-0.25, -0.2) is 0 Å². The molecule has 4 nitrogen and oxygen atoms in total. The molecule has 1 heterocycles. The third-order valence-corrected chi connectivity index (χ3v) is 2.43. The van der Waals surface area contributed by atoms with Crippen molar-refractivity contribution in [3.63, 3.8) is 0 Å². The molecule has 2 aromatic rings. The second-order valence-electron chi connectivity index (χ2n) is 4.20. The quantitative estimate of drug-likeness (QED) is 0.761. The Bertz CT molecular complexity index is 546. The molecule has 84 valence electrons. The second-order valence-corrected chi connectivity index (χ2v) is 4.20. The molecule has 0 fully saturated rings. The molecule has 0 aliphatic heterocycles. The van der Waals surface area contributed by atoms with Crippen molar-refractivity contribution in [2.45, 2.75) is 19.4 Å². The second kappa shape index (κ2) is 3.35. The van der Waals surface area contributed by atoms with Crippen LogP contribution in [0, 0.1) is 0 Å². The number of aliphatic hydroxyl groups is 1. The number of hydrogen-bond donors (Lipinski definition) is 2. The first-order valence-corrected chi connectivity index (χ1v) is 4.87. The van der Waals surface area contributed by atoms with Crippen molar-refractivity contribution >= 4 is 17.3 Å². The first-order chi connectivity index (χ1) is 7.43. The van der Waals surface area contributed by atoms with Gasteiger partial charge in [0.15, 0.2) is 6.29 Å². The van der Waals surface area contributed by atoms with Crippen LogP contribution in [0.1, 0.15) is 30.0 Å². The van der Waals surface area contributed by atoms with E-state index in [9.17, 15) is 15.0 Å². The lowest BCUT2D eigenvalue weighted by molar-refractivity contribution is 0.0559. The molecule has 4 heteroatoms. The third-order valence-electron chi connectivity index (χ3n) is 2.43. The molecule has 1 aromatic heterocycles. The Hall–Kier alpha value is -1.81. The SMILES string of the molecule is CC(C)(O)c1cc2c(O)c(C=O)ccc2o1. The van der Waals surface area contributed by atoms with Crippen LogP contribution >= 0.6 is 0 Å². The zero-order chi connectivity index (χ0) is 11.9. The monoisotopic (exact) mass is 220 g/mol. The topological polar surface area (TPSA) is 70.7 Å². The number of benzene rings is 1. The lowest BCUT2D eigenvalue weighted by Gasteiger charge is -2.12. The maximum atomic E-state index is 10.6. The molecule has 0 spiro atoms. The van der Waals surface area contributed by atoms with Gasteiger partial charge in [-0.1, -0.05) is 0 Å². The number of fused-ring (bicyclic) bond motifs is 1. The van der Waals surface area contributed by atoms with E-state index in [0.717, 1.165) is 0 Å². The van der Waals surface area contributed by atoms with Crippen LogP contribution in [-0.4, -0.2) is 16.5 Å². The summed E-state index contributed by atoms with van der Waals surface area (Å²) in [5.74, 6) is 0.229. The fourth-order valence-electron chi connectivity index (χ4n) is 1.51. The average molecular weight is 220 g/mol. The van der Waals surface area contributed by atoms with Gasteiger partial charge >= 0.3 is 0 Å². The smallest absolute Gasteiger partial charge is 0.153 e. The van der Waals surface area contributed by atoms with E-state index in [1.54, 1.807) is 19.9 Å². The fourth-order valence-corrected chi connectivity index (χ4v) is 1.51. The van der Waals surface area contributed by atoms with Crippen LogP contribution in [-0.2, 0) is 5.60 Å². The number of carbonyl (C=O) groups is 1. The molecule has 0 radical (unpaired) electrons. The Morgan fingerprint density at radius 2 is 2.06 bits per heavy atom. The highest BCUT2D eigenvalue weighted by atomic mass is 16.4. The summed E-state index contributed by atoms with van der Waals surface area (Å²) in [6.45, 7) is 3.17. The zero-order valence-electron chi connectivity index (χ0n) is 9.02. The maximum absolute atomic E-state index is 10.6. The predicted octanol–water partition coefficient (Wildman–Crippen LogP) is 2.18. The standard InChI is InChI=1S/C12H12O4/c1-12(2,15)10-5-8-9(16-10)4-3-7(6-13)11(8)14/h3-6,14-15H,1-2H3. The van der Waals surface area contributed by atoms with Gasteiger partial charge < -0.3 is 14.6 Å². The van der Waals surface area contributed by atoms with Gasteiger partial charge in [-0.3, -0.25) is 4.79 Å². The Kier molecular flexibility index (Phi) is 2.24. The largest absolute Gasteiger partial charge is 0.506 e. The van der Waals surface area contributed by atoms with E-state index in [-0.39, 0.29) is 11.3 Å². The molecule has 2 N–H and O–H groups in total. The molecular weight excluding hydrogens is 208 g/mol. The van der Waals surface area contributed by atoms with Crippen LogP contribution < -0.4 is 0 Å². The molecule has 0 amide bonds. The number of rotatable bonds is 2. The molecular formula is C12H12O4. The Morgan fingerprint density at radius 3 is 2.62 bits per heavy atom. The number of phenolic OH excluding ortho intramolecular Hbond substituents is 1. The first kappa shape index (κ1) is 10.7. The molecule has 16 heavy (non-hydrogen) atoms. The molecule has 0 saturated carbocycles. The normalized spacial score (nSPS) is 11.9. The van der Waals surface area contributed by atoms with E-state index in [4.69, 9.17) is 4.42 Å². The van der Waals surface area contributed by atoms with E-state index < -0.39 is 5.60 Å². The highest BCUT2D eigenvalue weighted by Crippen LogP contribution is 2.34. The summed E-state index contributed by atoms with van der Waals surface area (Å²) in [5, 5.41) is 20.0. The Morgan fingerprint density at radius 1 is 1.38 bits per heavy atom. The number of carbonyl (C=O) groups excluding carboxylic acids is 1. The van der Waals surface area contributed by atoms with Crippen LogP contribution in [0.2, 0.25) is 0 Å². The lowest BCUT2D eigenvalue weighted by atomic mass is 10.1. The maximum Gasteiger partial charge on any atom is 0.153 e. The minimum atomic E-state index is -1.12. The van der Waals surface area contributed by atoms with Crippen molar-refractivity contribution < 1.29 is 19.4 Å². The zero-order valence-corrected chi connectivity index (χ0v) is 9.02. The summed E-state index contributed by atoms with van der Waals surface area (Å²) in [5.41, 5.74) is -0.469. The van der Waals surface area contributed by atoms with Gasteiger partial charge in [0.2, 0.25) is 0 Å². The van der Waals surface area contributed by atoms with Crippen LogP contribution in [0.4, 0.5) is 0 Å². The number of phenols is 1. The molecule has 0 aliphatic carbocycles. The molecule has 2 rings (SSSR count). The molecule has 0 bridgehead atoms. The van der Waals surface area contributed by atoms with E-state index in [0.29, 0.717) is 23.0 Å². The van der Waals surface area contributed by atoms with Crippen molar-refractivity contribution in [2.75, 3.05) is 0 Å². The summed E-state index contributed by atoms with van der Waals surface area (Å²) in [6, 6.07) is 4.61. The van der Waals surface area contributed by atoms with Crippen LogP contribution in [0.25, 0.3) is 11.0 Å². The predicted molar refractivity (Wildman–Crippen MR) is 58.5 cm³/mol. The van der Waals surface area contributed by atoms with Gasteiger partial charge in [0.25, 0.3) is 0 Å². The van der Waals surface area contributed by atoms with E-state index >= 15 is 0 Å². The number of hydrogen-bond acceptors (Lipinski definition) is 4. The molecule has 1 aromatic carbocycles. The third kappa shape index (κ3) is 1.57. The van der Waals surface area contributed by atoms with Crippen molar-refractivity contribution in [1.29, 1.82) is 0 Å². The Labute approximate surface area is 92.1 Å². The van der Waals surface area contributed by atoms with Gasteiger partial charge in [-0.05, 0) is 32.0 Å². The average Bonchev–Trinajstić information content (AvgIpc) is 2.62. The summed E-state index contributed by atoms with van der Waals surface area (Å²) in [4.78, 5) is 10.6. The minimum absolute atomic E-state index is 0.119. The van der Waals surface area contributed by atoms with Crippen molar-refractivity contribution in [1.82, 2.24) is 0 Å². The minimum Gasteiger partial charge on any atom is -0.506 e. The summed E-state index contributed by atoms with van der Waals surface area (Å²) >= 11 is 0. The number of aromatic hydroxyl groups is 1. The van der Waals surface area contributed by atoms with Crippen LogP contribution in [0.5, 0.6) is 5.75 Å². The van der Waals surface area contributed by atoms with E-state index in [1.165, 1.54) is 12.1 Å². The van der Waals surface area contributed by atoms with Crippen molar-refractivity contribution in [3.8, 4) is 5.75 Å². The highest BCUT2D eigenvalue weighted by molar-refractivity contribution is 5.93. The molecule has 0 atom stereocenters. The molecule has 0 unspecified atom stereocenters. The van der Waals surface area contributed by atoms with E-state index in [2.05, 4.69) is 0 Å². The first-order valence-electron chi connectivity index (χ1n) is 4.87. The molecule has 0 aliphatic rings. The van der Waals surface area contributed by atoms with E-state index in [1.807, 2.05) is 0 Å². The van der Waals surface area contributed by atoms with Gasteiger partial charge in [0.1, 0.15) is 22.7 Å². The van der Waals surface area contributed by atoms with Crippen molar-refractivity contribution in [2.24, 2.45) is 0 Å². The highest BCUT2D eigenvalue weighted by Gasteiger charge is 2.22. The van der Waals surface area contributed by atoms with Gasteiger partial charge in [-0.15, -0.1) is 0 Å². The van der Waals surface area contributed by atoms with Crippen molar-refractivity contribution in [3.05, 3.63) is 29.5 Å². The van der Waals surface area contributed by atoms with Gasteiger partial charge in [0.05, 0.1) is 10.9 Å². The van der Waals surface area contributed by atoms with Gasteiger partial charge in [-0.2, -0.15) is 0 Å². The number of aldehydes is 1. The Balaban J connectivity index is 2.71.